The number of aliphatic hydroxyl groups excluding tert-OH is 1. The van der Waals surface area contributed by atoms with E-state index in [4.69, 9.17) is 10.3 Å². The Balaban J connectivity index is 2.36. The first-order valence-corrected chi connectivity index (χ1v) is 10.8. The minimum atomic E-state index is -3.92. The number of sulfonamides is 1. The topological polar surface area (TPSA) is 134 Å². The van der Waals surface area contributed by atoms with E-state index in [1.807, 2.05) is 6.92 Å². The van der Waals surface area contributed by atoms with E-state index in [0.717, 1.165) is 5.56 Å². The third-order valence-electron chi connectivity index (χ3n) is 4.30. The minimum absolute atomic E-state index is 0.0242. The zero-order valence-electron chi connectivity index (χ0n) is 16.9. The Labute approximate surface area is 175 Å². The van der Waals surface area contributed by atoms with Gasteiger partial charge in [0.25, 0.3) is 10.0 Å². The Kier molecular flexibility index (Phi) is 8.23. The fraction of sp³-hybridized carbons (Fsp3) is 0.350. The van der Waals surface area contributed by atoms with Crippen LogP contribution < -0.4 is 9.22 Å². The number of hydrogen-bond acceptors (Lipinski definition) is 7. The molecule has 1 atom stereocenters. The molecule has 0 fully saturated rings. The lowest BCUT2D eigenvalue weighted by atomic mass is 10.2. The van der Waals surface area contributed by atoms with E-state index >= 15 is 0 Å². The highest BCUT2D eigenvalue weighted by atomic mass is 32.2. The van der Waals surface area contributed by atoms with Crippen molar-refractivity contribution in [3.05, 3.63) is 59.7 Å². The summed E-state index contributed by atoms with van der Waals surface area (Å²) < 4.78 is 32.7. The third-order valence-corrected chi connectivity index (χ3v) is 6.15. The van der Waals surface area contributed by atoms with E-state index in [-0.39, 0.29) is 31.0 Å². The molecule has 0 bridgehead atoms. The van der Waals surface area contributed by atoms with Crippen molar-refractivity contribution in [1.82, 2.24) is 4.91 Å². The van der Waals surface area contributed by atoms with Crippen molar-refractivity contribution in [2.24, 2.45) is 5.11 Å². The Bertz CT molecular complexity index is 1000. The first-order valence-electron chi connectivity index (χ1n) is 9.37. The van der Waals surface area contributed by atoms with E-state index in [1.165, 1.54) is 40.7 Å². The van der Waals surface area contributed by atoms with Crippen molar-refractivity contribution in [2.45, 2.75) is 31.3 Å². The van der Waals surface area contributed by atoms with E-state index in [0.29, 0.717) is 11.3 Å². The average molecular weight is 434 g/mol. The van der Waals surface area contributed by atoms with Crippen LogP contribution in [0, 0.1) is 12.5 Å². The number of carbonyl (C=O) groups is 1. The Morgan fingerprint density at radius 3 is 2.40 bits per heavy atom. The average Bonchev–Trinajstić information content (AvgIpc) is 2.73. The van der Waals surface area contributed by atoms with E-state index in [1.54, 1.807) is 19.1 Å². The summed E-state index contributed by atoms with van der Waals surface area (Å²) in [4.78, 5) is 14.8. The van der Waals surface area contributed by atoms with Gasteiger partial charge in [0.2, 0.25) is 4.91 Å². The van der Waals surface area contributed by atoms with Gasteiger partial charge in [0.05, 0.1) is 28.9 Å². The molecule has 2 aromatic rings. The van der Waals surface area contributed by atoms with Gasteiger partial charge >= 0.3 is 5.97 Å². The number of hydrogen-bond donors (Lipinski definition) is 2. The second-order valence-electron chi connectivity index (χ2n) is 6.52. The monoisotopic (exact) mass is 433 g/mol. The molecule has 10 heteroatoms. The quantitative estimate of drug-likeness (QED) is 0.337. The van der Waals surface area contributed by atoms with Crippen molar-refractivity contribution < 1.29 is 23.1 Å². The Morgan fingerprint density at radius 1 is 1.20 bits per heavy atom. The van der Waals surface area contributed by atoms with Gasteiger partial charge in [-0.25, -0.2) is 13.2 Å². The molecule has 0 aliphatic heterocycles. The summed E-state index contributed by atoms with van der Waals surface area (Å²) in [5.74, 6) is -0.492. The number of esters is 1. The van der Waals surface area contributed by atoms with Crippen LogP contribution in [-0.4, -0.2) is 45.3 Å². The van der Waals surface area contributed by atoms with Gasteiger partial charge in [-0.2, -0.15) is 0 Å². The van der Waals surface area contributed by atoms with Crippen LogP contribution in [0.2, 0.25) is 0 Å². The molecule has 0 aliphatic rings. The zero-order chi connectivity index (χ0) is 22.1. The number of aryl methyl sites for hydroxylation is 1. The van der Waals surface area contributed by atoms with Gasteiger partial charge in [-0.1, -0.05) is 17.7 Å². The molecule has 0 aromatic heterocycles. The predicted octanol–water partition coefficient (Wildman–Crippen LogP) is 2.67. The summed E-state index contributed by atoms with van der Waals surface area (Å²) in [6.45, 7) is 3.68. The lowest BCUT2D eigenvalue weighted by Crippen LogP contribution is -2.34. The molecule has 0 aliphatic carbocycles. The molecular formula is C20H25N4O5S+. The van der Waals surface area contributed by atoms with Gasteiger partial charge in [0.15, 0.2) is 0 Å². The van der Waals surface area contributed by atoms with E-state index in [9.17, 15) is 18.3 Å². The number of rotatable bonds is 10. The van der Waals surface area contributed by atoms with Crippen LogP contribution >= 0.6 is 0 Å². The molecule has 2 N–H and O–H groups in total. The fourth-order valence-corrected chi connectivity index (χ4v) is 4.18. The molecular weight excluding hydrogens is 408 g/mol. The van der Waals surface area contributed by atoms with Gasteiger partial charge in [0.1, 0.15) is 17.2 Å². The number of nitrogens with zero attached hydrogens (tertiary/aromatic N) is 3. The van der Waals surface area contributed by atoms with Crippen molar-refractivity contribution in [3.63, 3.8) is 0 Å². The van der Waals surface area contributed by atoms with E-state index in [2.05, 4.69) is 10.0 Å². The summed E-state index contributed by atoms with van der Waals surface area (Å²) >= 11 is 0. The normalized spacial score (nSPS) is 12.0. The lowest BCUT2D eigenvalue weighted by Gasteiger charge is -2.25. The van der Waals surface area contributed by atoms with Crippen LogP contribution in [0.25, 0.3) is 0 Å². The molecule has 1 unspecified atom stereocenters. The van der Waals surface area contributed by atoms with Crippen LogP contribution in [0.1, 0.15) is 29.3 Å². The number of nitrogens with one attached hydrogen (secondary N) is 1. The van der Waals surface area contributed by atoms with Crippen molar-refractivity contribution >= 4 is 21.7 Å². The second-order valence-corrected chi connectivity index (χ2v) is 8.39. The van der Waals surface area contributed by atoms with Crippen LogP contribution in [0.3, 0.4) is 0 Å². The van der Waals surface area contributed by atoms with Crippen molar-refractivity contribution in [2.75, 3.05) is 24.0 Å². The highest BCUT2D eigenvalue weighted by Gasteiger charge is 2.26. The molecule has 160 valence electrons. The maximum Gasteiger partial charge on any atom is 0.338 e. The summed E-state index contributed by atoms with van der Waals surface area (Å²) in [7, 11) is -3.92. The second kappa shape index (κ2) is 10.6. The van der Waals surface area contributed by atoms with Gasteiger partial charge in [-0.05, 0) is 56.7 Å². The number of ether oxygens (including phenoxy) is 1. The number of benzene rings is 2. The van der Waals surface area contributed by atoms with Crippen LogP contribution in [0.5, 0.6) is 0 Å². The highest BCUT2D eigenvalue weighted by molar-refractivity contribution is 7.92. The van der Waals surface area contributed by atoms with Gasteiger partial charge in [0, 0.05) is 6.54 Å². The molecule has 2 rings (SSSR count). The van der Waals surface area contributed by atoms with Gasteiger partial charge < -0.3 is 9.84 Å². The molecule has 0 amide bonds. The molecule has 0 saturated heterocycles. The molecule has 0 spiro atoms. The van der Waals surface area contributed by atoms with Crippen LogP contribution in [-0.2, 0) is 14.8 Å². The highest BCUT2D eigenvalue weighted by Crippen LogP contribution is 2.25. The van der Waals surface area contributed by atoms with Crippen LogP contribution in [0.15, 0.2) is 58.5 Å². The maximum atomic E-state index is 13.3. The Hall–Kier alpha value is -3.07. The molecule has 0 heterocycles. The third kappa shape index (κ3) is 5.96. The largest absolute Gasteiger partial charge is 0.462 e. The van der Waals surface area contributed by atoms with Crippen LogP contribution in [0.4, 0.5) is 5.69 Å². The summed E-state index contributed by atoms with van der Waals surface area (Å²) in [6.07, 6.45) is -0.863. The SMILES string of the molecule is CCOC(=O)c1ccc(N(CCC(O)CN=[N+]=N)S(=O)(=O)c2ccc(C)cc2)cc1. The zero-order valence-corrected chi connectivity index (χ0v) is 17.7. The van der Waals surface area contributed by atoms with Crippen molar-refractivity contribution in [1.29, 1.82) is 5.53 Å². The molecule has 9 nitrogen and oxygen atoms in total. The first-order chi connectivity index (χ1) is 14.3. The molecule has 0 radical (unpaired) electrons. The number of aliphatic hydroxyl groups is 1. The first kappa shape index (κ1) is 23.2. The molecule has 2 aromatic carbocycles. The van der Waals surface area contributed by atoms with Crippen molar-refractivity contribution in [3.8, 4) is 0 Å². The van der Waals surface area contributed by atoms with E-state index < -0.39 is 22.1 Å². The molecule has 30 heavy (non-hydrogen) atoms. The number of anilines is 1. The minimum Gasteiger partial charge on any atom is -0.462 e. The standard InChI is InChI=1S/C20H25N4O5S/c1-3-29-20(26)16-6-8-17(9-7-16)24(13-12-18(25)14-22-23-21)30(27,28)19-10-4-15(2)5-11-19/h4-11,18,21,25H,3,12-14H2,1-2H3/q+1. The Morgan fingerprint density at radius 2 is 1.83 bits per heavy atom. The smallest absolute Gasteiger partial charge is 0.338 e. The lowest BCUT2D eigenvalue weighted by molar-refractivity contribution is 0.0526. The summed E-state index contributed by atoms with van der Waals surface area (Å²) in [6, 6.07) is 12.5. The summed E-state index contributed by atoms with van der Waals surface area (Å²) in [5, 5.41) is 13.4. The fourth-order valence-electron chi connectivity index (χ4n) is 2.70. The predicted molar refractivity (Wildman–Crippen MR) is 111 cm³/mol. The number of carbonyl (C=O) groups excluding carboxylic acids is 1. The van der Waals surface area contributed by atoms with Gasteiger partial charge in [-0.15, -0.1) is 0 Å². The van der Waals surface area contributed by atoms with Gasteiger partial charge in [-0.3, -0.25) is 4.31 Å². The summed E-state index contributed by atoms with van der Waals surface area (Å²) in [5.41, 5.74) is 8.24. The molecule has 0 saturated carbocycles. The maximum absolute atomic E-state index is 13.3.